The van der Waals surface area contributed by atoms with E-state index < -0.39 is 0 Å². The van der Waals surface area contributed by atoms with Gasteiger partial charge in [0, 0.05) is 24.7 Å². The van der Waals surface area contributed by atoms with Crippen molar-refractivity contribution in [2.75, 3.05) is 13.1 Å². The summed E-state index contributed by atoms with van der Waals surface area (Å²) < 4.78 is 0. The summed E-state index contributed by atoms with van der Waals surface area (Å²) in [6.07, 6.45) is 9.31. The topological polar surface area (TPSA) is 29.3 Å². The normalized spacial score (nSPS) is 21.6. The molecule has 0 amide bonds. The predicted octanol–water partition coefficient (Wildman–Crippen LogP) is 4.43. The van der Waals surface area contributed by atoms with Gasteiger partial charge in [-0.3, -0.25) is 4.90 Å². The Kier molecular flexibility index (Phi) is 7.53. The number of nitrogens with two attached hydrogens (primary N) is 1. The van der Waals surface area contributed by atoms with E-state index in [1.807, 2.05) is 0 Å². The van der Waals surface area contributed by atoms with Crippen molar-refractivity contribution in [3.8, 4) is 0 Å². The molecule has 1 rings (SSSR count). The van der Waals surface area contributed by atoms with E-state index >= 15 is 0 Å². The van der Waals surface area contributed by atoms with Crippen molar-refractivity contribution in [1.82, 2.24) is 4.90 Å². The molecule has 0 aliphatic heterocycles. The van der Waals surface area contributed by atoms with E-state index in [9.17, 15) is 0 Å². The molecule has 20 heavy (non-hydrogen) atoms. The van der Waals surface area contributed by atoms with Gasteiger partial charge in [-0.25, -0.2) is 0 Å². The first-order valence-electron chi connectivity index (χ1n) is 8.95. The van der Waals surface area contributed by atoms with Crippen LogP contribution in [0.2, 0.25) is 0 Å². The zero-order chi connectivity index (χ0) is 15.2. The quantitative estimate of drug-likeness (QED) is 0.678. The van der Waals surface area contributed by atoms with Crippen molar-refractivity contribution < 1.29 is 0 Å². The minimum Gasteiger partial charge on any atom is -0.329 e. The van der Waals surface area contributed by atoms with Gasteiger partial charge >= 0.3 is 0 Å². The van der Waals surface area contributed by atoms with E-state index in [0.29, 0.717) is 0 Å². The maximum absolute atomic E-state index is 6.32. The van der Waals surface area contributed by atoms with Gasteiger partial charge in [0.25, 0.3) is 0 Å². The van der Waals surface area contributed by atoms with Crippen molar-refractivity contribution in [3.63, 3.8) is 0 Å². The Morgan fingerprint density at radius 3 is 2.15 bits per heavy atom. The maximum atomic E-state index is 6.32. The van der Waals surface area contributed by atoms with Gasteiger partial charge in [0.1, 0.15) is 0 Å². The highest BCUT2D eigenvalue weighted by Crippen LogP contribution is 2.36. The molecule has 2 unspecified atom stereocenters. The van der Waals surface area contributed by atoms with Gasteiger partial charge in [-0.15, -0.1) is 0 Å². The molecule has 2 nitrogen and oxygen atoms in total. The Hall–Kier alpha value is -0.0800. The highest BCUT2D eigenvalue weighted by Gasteiger charge is 2.39. The summed E-state index contributed by atoms with van der Waals surface area (Å²) in [5, 5.41) is 0. The third kappa shape index (κ3) is 4.46. The lowest BCUT2D eigenvalue weighted by atomic mass is 9.81. The average molecular weight is 283 g/mol. The fourth-order valence-electron chi connectivity index (χ4n) is 3.94. The Bertz CT molecular complexity index is 252. The van der Waals surface area contributed by atoms with Crippen LogP contribution in [0.1, 0.15) is 79.6 Å². The smallest absolute Gasteiger partial charge is 0.0334 e. The standard InChI is InChI=1S/C18H38N2/c1-6-16(5)12-18(7-2,14-19)20(13-15(3)4)17-10-8-9-11-17/h15-17H,6-14,19H2,1-5H3. The first-order valence-corrected chi connectivity index (χ1v) is 8.95. The molecule has 120 valence electrons. The van der Waals surface area contributed by atoms with E-state index in [-0.39, 0.29) is 5.54 Å². The fraction of sp³-hybridized carbons (Fsp3) is 1.00. The van der Waals surface area contributed by atoms with Crippen LogP contribution in [0.4, 0.5) is 0 Å². The van der Waals surface area contributed by atoms with Crippen molar-refractivity contribution in [2.45, 2.75) is 91.1 Å². The van der Waals surface area contributed by atoms with Crippen LogP contribution in [-0.2, 0) is 0 Å². The zero-order valence-electron chi connectivity index (χ0n) is 14.6. The summed E-state index contributed by atoms with van der Waals surface area (Å²) in [7, 11) is 0. The summed E-state index contributed by atoms with van der Waals surface area (Å²) in [4.78, 5) is 2.83. The first kappa shape index (κ1) is 18.0. The number of hydrogen-bond donors (Lipinski definition) is 1. The molecular formula is C18H38N2. The van der Waals surface area contributed by atoms with Crippen molar-refractivity contribution in [1.29, 1.82) is 0 Å². The lowest BCUT2D eigenvalue weighted by Crippen LogP contribution is -2.58. The van der Waals surface area contributed by atoms with Crippen molar-refractivity contribution in [3.05, 3.63) is 0 Å². The third-order valence-electron chi connectivity index (χ3n) is 5.40. The lowest BCUT2D eigenvalue weighted by Gasteiger charge is -2.48. The minimum absolute atomic E-state index is 0.231. The fourth-order valence-corrected chi connectivity index (χ4v) is 3.94. The van der Waals surface area contributed by atoms with E-state index in [1.165, 1.54) is 51.5 Å². The minimum atomic E-state index is 0.231. The van der Waals surface area contributed by atoms with Crippen molar-refractivity contribution in [2.24, 2.45) is 17.6 Å². The summed E-state index contributed by atoms with van der Waals surface area (Å²) in [6.45, 7) is 13.8. The average Bonchev–Trinajstić information content (AvgIpc) is 2.96. The second-order valence-corrected chi connectivity index (χ2v) is 7.48. The lowest BCUT2D eigenvalue weighted by molar-refractivity contribution is 0.0173. The molecule has 0 heterocycles. The molecule has 1 aliphatic carbocycles. The van der Waals surface area contributed by atoms with Gasteiger partial charge in [-0.1, -0.05) is 53.9 Å². The third-order valence-corrected chi connectivity index (χ3v) is 5.40. The highest BCUT2D eigenvalue weighted by molar-refractivity contribution is 4.96. The molecule has 0 radical (unpaired) electrons. The Balaban J connectivity index is 2.95. The monoisotopic (exact) mass is 282 g/mol. The van der Waals surface area contributed by atoms with Crippen LogP contribution in [0.15, 0.2) is 0 Å². The number of hydrogen-bond acceptors (Lipinski definition) is 2. The second-order valence-electron chi connectivity index (χ2n) is 7.48. The molecule has 1 fully saturated rings. The van der Waals surface area contributed by atoms with E-state index in [2.05, 4.69) is 39.5 Å². The zero-order valence-corrected chi connectivity index (χ0v) is 14.6. The van der Waals surface area contributed by atoms with Gasteiger partial charge < -0.3 is 5.73 Å². The van der Waals surface area contributed by atoms with Crippen LogP contribution in [0, 0.1) is 11.8 Å². The maximum Gasteiger partial charge on any atom is 0.0334 e. The molecule has 2 heteroatoms. The molecule has 1 saturated carbocycles. The largest absolute Gasteiger partial charge is 0.329 e. The second kappa shape index (κ2) is 8.38. The molecule has 2 atom stereocenters. The van der Waals surface area contributed by atoms with Crippen LogP contribution in [0.25, 0.3) is 0 Å². The summed E-state index contributed by atoms with van der Waals surface area (Å²) in [5.74, 6) is 1.50. The Morgan fingerprint density at radius 1 is 1.15 bits per heavy atom. The predicted molar refractivity (Wildman–Crippen MR) is 89.9 cm³/mol. The molecule has 2 N–H and O–H groups in total. The van der Waals surface area contributed by atoms with Crippen molar-refractivity contribution >= 4 is 0 Å². The van der Waals surface area contributed by atoms with E-state index in [4.69, 9.17) is 5.73 Å². The summed E-state index contributed by atoms with van der Waals surface area (Å²) in [5.41, 5.74) is 6.55. The van der Waals surface area contributed by atoms with Gasteiger partial charge in [-0.05, 0) is 37.5 Å². The van der Waals surface area contributed by atoms with Crippen LogP contribution in [0.3, 0.4) is 0 Å². The molecule has 0 bridgehead atoms. The van der Waals surface area contributed by atoms with Gasteiger partial charge in [0.2, 0.25) is 0 Å². The van der Waals surface area contributed by atoms with Crippen LogP contribution < -0.4 is 5.73 Å². The number of rotatable bonds is 9. The van der Waals surface area contributed by atoms with Crippen LogP contribution >= 0.6 is 0 Å². The van der Waals surface area contributed by atoms with E-state index in [1.54, 1.807) is 0 Å². The van der Waals surface area contributed by atoms with Gasteiger partial charge in [-0.2, -0.15) is 0 Å². The van der Waals surface area contributed by atoms with Gasteiger partial charge in [0.05, 0.1) is 0 Å². The Morgan fingerprint density at radius 2 is 1.75 bits per heavy atom. The highest BCUT2D eigenvalue weighted by atomic mass is 15.2. The number of nitrogens with zero attached hydrogens (tertiary/aromatic N) is 1. The van der Waals surface area contributed by atoms with Crippen LogP contribution in [-0.4, -0.2) is 29.6 Å². The van der Waals surface area contributed by atoms with E-state index in [0.717, 1.165) is 24.4 Å². The first-order chi connectivity index (χ1) is 9.49. The summed E-state index contributed by atoms with van der Waals surface area (Å²) >= 11 is 0. The Labute approximate surface area is 127 Å². The summed E-state index contributed by atoms with van der Waals surface area (Å²) in [6, 6.07) is 0.782. The molecule has 0 saturated heterocycles. The molecule has 0 aromatic heterocycles. The molecule has 0 aromatic carbocycles. The molecule has 0 aromatic rings. The van der Waals surface area contributed by atoms with Crippen LogP contribution in [0.5, 0.6) is 0 Å². The SMILES string of the molecule is CCC(C)CC(CC)(CN)N(CC(C)C)C1CCCC1. The molecular weight excluding hydrogens is 244 g/mol. The van der Waals surface area contributed by atoms with Gasteiger partial charge in [0.15, 0.2) is 0 Å². The molecule has 1 aliphatic rings. The molecule has 0 spiro atoms.